The van der Waals surface area contributed by atoms with E-state index in [1.165, 1.54) is 13.1 Å². The number of hydrogen-bond acceptors (Lipinski definition) is 5. The van der Waals surface area contributed by atoms with E-state index in [0.717, 1.165) is 17.7 Å². The molecular formula is C25H25F3N4O3. The lowest BCUT2D eigenvalue weighted by Gasteiger charge is -2.43. The van der Waals surface area contributed by atoms with Gasteiger partial charge in [0.05, 0.1) is 36.3 Å². The number of anilines is 1. The molecule has 10 heteroatoms. The second-order valence-electron chi connectivity index (χ2n) is 8.72. The molecule has 2 fully saturated rings. The first-order valence-electron chi connectivity index (χ1n) is 11.2. The Balaban J connectivity index is 1.60. The van der Waals surface area contributed by atoms with Crippen LogP contribution in [0.15, 0.2) is 42.5 Å². The number of rotatable bonds is 5. The van der Waals surface area contributed by atoms with Crippen molar-refractivity contribution in [3.63, 3.8) is 0 Å². The lowest BCUT2D eigenvalue weighted by molar-refractivity contribution is -0.138. The minimum Gasteiger partial charge on any atom is -0.497 e. The molecule has 1 saturated carbocycles. The molecule has 1 atom stereocenters. The predicted molar refractivity (Wildman–Crippen MR) is 122 cm³/mol. The molecule has 7 nitrogen and oxygen atoms in total. The maximum Gasteiger partial charge on any atom is 0.417 e. The normalized spacial score (nSPS) is 19.0. The van der Waals surface area contributed by atoms with E-state index in [1.807, 2.05) is 12.1 Å². The Bertz CT molecular complexity index is 1170. The quantitative estimate of drug-likeness (QED) is 0.702. The first kappa shape index (κ1) is 24.4. The fraction of sp³-hybridized carbons (Fsp3) is 0.400. The highest BCUT2D eigenvalue weighted by molar-refractivity contribution is 5.93. The second kappa shape index (κ2) is 9.13. The van der Waals surface area contributed by atoms with E-state index in [4.69, 9.17) is 10.00 Å². The van der Waals surface area contributed by atoms with Crippen molar-refractivity contribution in [3.8, 4) is 11.8 Å². The van der Waals surface area contributed by atoms with Crippen LogP contribution in [0.3, 0.4) is 0 Å². The molecule has 1 saturated heterocycles. The molecule has 1 heterocycles. The summed E-state index contributed by atoms with van der Waals surface area (Å²) in [6, 6.07) is 11.4. The predicted octanol–water partition coefficient (Wildman–Crippen LogP) is 3.08. The van der Waals surface area contributed by atoms with Crippen LogP contribution < -0.4 is 15.0 Å². The number of hydrogen-bond donors (Lipinski definition) is 1. The van der Waals surface area contributed by atoms with Crippen LogP contribution >= 0.6 is 0 Å². The smallest absolute Gasteiger partial charge is 0.417 e. The van der Waals surface area contributed by atoms with Gasteiger partial charge in [-0.1, -0.05) is 12.1 Å². The van der Waals surface area contributed by atoms with Crippen LogP contribution in [0, 0.1) is 11.3 Å². The van der Waals surface area contributed by atoms with Crippen molar-refractivity contribution >= 4 is 17.5 Å². The average Bonchev–Trinajstić information content (AvgIpc) is 3.68. The number of carbonyl (C=O) groups is 2. The minimum absolute atomic E-state index is 0.0394. The Labute approximate surface area is 201 Å². The lowest BCUT2D eigenvalue weighted by Crippen LogP contribution is -2.61. The number of nitrogens with one attached hydrogen (secondary N) is 1. The third kappa shape index (κ3) is 4.50. The minimum atomic E-state index is -4.71. The van der Waals surface area contributed by atoms with Gasteiger partial charge in [0, 0.05) is 25.8 Å². The van der Waals surface area contributed by atoms with E-state index >= 15 is 0 Å². The Morgan fingerprint density at radius 2 is 1.83 bits per heavy atom. The molecule has 1 N–H and O–H groups in total. The second-order valence-corrected chi connectivity index (χ2v) is 8.72. The van der Waals surface area contributed by atoms with Crippen molar-refractivity contribution in [1.29, 1.82) is 5.26 Å². The van der Waals surface area contributed by atoms with E-state index in [2.05, 4.69) is 5.32 Å². The SMILES string of the molecule is CNC(=O)C1CN(C(=O)C2(c3ccc(OC)cc3)CC2)CCN1c1ccc(C#N)c(C(F)(F)F)c1. The van der Waals surface area contributed by atoms with Crippen molar-refractivity contribution in [2.45, 2.75) is 30.5 Å². The monoisotopic (exact) mass is 486 g/mol. The van der Waals surface area contributed by atoms with E-state index in [1.54, 1.807) is 35.1 Å². The zero-order valence-electron chi connectivity index (χ0n) is 19.4. The summed E-state index contributed by atoms with van der Waals surface area (Å²) in [5, 5.41) is 11.6. The summed E-state index contributed by atoms with van der Waals surface area (Å²) in [4.78, 5) is 29.5. The molecule has 4 rings (SSSR count). The number of alkyl halides is 3. The standard InChI is InChI=1S/C25H25F3N4O3/c1-30-22(33)21-15-31(23(34)24(9-10-24)17-4-7-19(35-2)8-5-17)11-12-32(21)18-6-3-16(14-29)20(13-18)25(26,27)28/h3-8,13,21H,9-12,15H2,1-2H3,(H,30,33). The summed E-state index contributed by atoms with van der Waals surface area (Å²) < 4.78 is 45.7. The number of nitrogens with zero attached hydrogens (tertiary/aromatic N) is 3. The van der Waals surface area contributed by atoms with Gasteiger partial charge in [0.25, 0.3) is 0 Å². The van der Waals surface area contributed by atoms with Crippen LogP contribution in [-0.4, -0.2) is 56.5 Å². The fourth-order valence-electron chi connectivity index (χ4n) is 4.67. The zero-order valence-corrected chi connectivity index (χ0v) is 19.4. The van der Waals surface area contributed by atoms with Crippen molar-refractivity contribution in [2.24, 2.45) is 0 Å². The first-order valence-corrected chi connectivity index (χ1v) is 11.2. The van der Waals surface area contributed by atoms with Crippen molar-refractivity contribution in [3.05, 3.63) is 59.2 Å². The van der Waals surface area contributed by atoms with Crippen LogP contribution in [-0.2, 0) is 21.2 Å². The van der Waals surface area contributed by atoms with Gasteiger partial charge < -0.3 is 19.9 Å². The summed E-state index contributed by atoms with van der Waals surface area (Å²) >= 11 is 0. The first-order chi connectivity index (χ1) is 16.6. The van der Waals surface area contributed by atoms with Gasteiger partial charge in [-0.2, -0.15) is 18.4 Å². The number of likely N-dealkylation sites (N-methyl/N-ethyl adjacent to an activating group) is 1. The van der Waals surface area contributed by atoms with E-state index in [-0.39, 0.29) is 31.2 Å². The van der Waals surface area contributed by atoms with E-state index in [9.17, 15) is 22.8 Å². The number of piperazine rings is 1. The van der Waals surface area contributed by atoms with Crippen LogP contribution in [0.5, 0.6) is 5.75 Å². The number of ether oxygens (including phenoxy) is 1. The van der Waals surface area contributed by atoms with Crippen LogP contribution in [0.1, 0.15) is 29.5 Å². The maximum atomic E-state index is 13.6. The number of benzene rings is 2. The molecule has 2 aromatic carbocycles. The molecule has 1 aliphatic heterocycles. The van der Waals surface area contributed by atoms with Crippen molar-refractivity contribution < 1.29 is 27.5 Å². The molecule has 2 amide bonds. The fourth-order valence-corrected chi connectivity index (χ4v) is 4.67. The van der Waals surface area contributed by atoms with Crippen molar-refractivity contribution in [2.75, 3.05) is 38.7 Å². The van der Waals surface area contributed by atoms with E-state index < -0.39 is 34.7 Å². The summed E-state index contributed by atoms with van der Waals surface area (Å²) in [6.07, 6.45) is -3.33. The molecule has 35 heavy (non-hydrogen) atoms. The van der Waals surface area contributed by atoms with Gasteiger partial charge in [0.2, 0.25) is 11.8 Å². The summed E-state index contributed by atoms with van der Waals surface area (Å²) in [5.74, 6) is 0.188. The molecule has 1 unspecified atom stereocenters. The molecule has 0 radical (unpaired) electrons. The lowest BCUT2D eigenvalue weighted by atomic mass is 9.93. The summed E-state index contributed by atoms with van der Waals surface area (Å²) in [7, 11) is 3.01. The van der Waals surface area contributed by atoms with Gasteiger partial charge in [0.15, 0.2) is 0 Å². The molecule has 0 spiro atoms. The Hall–Kier alpha value is -3.74. The Kier molecular flexibility index (Phi) is 6.36. The molecule has 2 aromatic rings. The maximum absolute atomic E-state index is 13.6. The van der Waals surface area contributed by atoms with Gasteiger partial charge in [-0.05, 0) is 48.7 Å². The van der Waals surface area contributed by atoms with Gasteiger partial charge in [-0.3, -0.25) is 9.59 Å². The van der Waals surface area contributed by atoms with Crippen LogP contribution in [0.2, 0.25) is 0 Å². The van der Waals surface area contributed by atoms with Gasteiger partial charge in [0.1, 0.15) is 11.8 Å². The van der Waals surface area contributed by atoms with Crippen molar-refractivity contribution in [1.82, 2.24) is 10.2 Å². The topological polar surface area (TPSA) is 85.7 Å². The zero-order chi connectivity index (χ0) is 25.4. The highest BCUT2D eigenvalue weighted by atomic mass is 19.4. The number of methoxy groups -OCH3 is 1. The largest absolute Gasteiger partial charge is 0.497 e. The molecule has 2 aliphatic rings. The Morgan fingerprint density at radius 1 is 1.14 bits per heavy atom. The van der Waals surface area contributed by atoms with Gasteiger partial charge in [-0.15, -0.1) is 0 Å². The number of amides is 2. The number of carbonyl (C=O) groups excluding carboxylic acids is 2. The molecule has 1 aliphatic carbocycles. The summed E-state index contributed by atoms with van der Waals surface area (Å²) in [5.41, 5.74) is -1.14. The highest BCUT2D eigenvalue weighted by Crippen LogP contribution is 2.50. The van der Waals surface area contributed by atoms with Gasteiger partial charge in [-0.25, -0.2) is 0 Å². The van der Waals surface area contributed by atoms with Crippen LogP contribution in [0.4, 0.5) is 18.9 Å². The highest BCUT2D eigenvalue weighted by Gasteiger charge is 2.54. The Morgan fingerprint density at radius 3 is 2.37 bits per heavy atom. The molecule has 0 aromatic heterocycles. The summed E-state index contributed by atoms with van der Waals surface area (Å²) in [6.45, 7) is 0.467. The van der Waals surface area contributed by atoms with Crippen LogP contribution in [0.25, 0.3) is 0 Å². The third-order valence-electron chi connectivity index (χ3n) is 6.78. The number of nitriles is 1. The average molecular weight is 486 g/mol. The molecule has 184 valence electrons. The van der Waals surface area contributed by atoms with E-state index in [0.29, 0.717) is 18.6 Å². The third-order valence-corrected chi connectivity index (χ3v) is 6.78. The van der Waals surface area contributed by atoms with Gasteiger partial charge >= 0.3 is 6.18 Å². The number of halogens is 3. The molecular weight excluding hydrogens is 461 g/mol. The molecule has 0 bridgehead atoms.